The van der Waals surface area contributed by atoms with Crippen molar-refractivity contribution >= 4 is 34.3 Å². The summed E-state index contributed by atoms with van der Waals surface area (Å²) in [5, 5.41) is 31.2. The number of rotatable bonds is 6. The van der Waals surface area contributed by atoms with E-state index in [0.717, 1.165) is 5.56 Å². The number of ether oxygens (including phenoxy) is 1. The van der Waals surface area contributed by atoms with Crippen molar-refractivity contribution < 1.29 is 14.6 Å². The monoisotopic (exact) mass is 427 g/mol. The third-order valence-electron chi connectivity index (χ3n) is 4.53. The smallest absolute Gasteiger partial charge is 0.357 e. The molecular formula is C22H17N7O3. The Morgan fingerprint density at radius 3 is 2.66 bits per heavy atom. The molecule has 0 amide bonds. The van der Waals surface area contributed by atoms with Gasteiger partial charge in [-0.05, 0) is 41.1 Å². The first-order valence-electron chi connectivity index (χ1n) is 9.53. The second kappa shape index (κ2) is 8.93. The van der Waals surface area contributed by atoms with Gasteiger partial charge in [0.1, 0.15) is 18.2 Å². The Morgan fingerprint density at radius 2 is 1.97 bits per heavy atom. The van der Waals surface area contributed by atoms with Crippen LogP contribution in [0.15, 0.2) is 60.4 Å². The van der Waals surface area contributed by atoms with Crippen LogP contribution in [0.1, 0.15) is 17.2 Å². The normalized spacial score (nSPS) is 12.3. The number of nitrogens with one attached hydrogen (secondary N) is 1. The number of hydrogen-bond donors (Lipinski definition) is 2. The maximum Gasteiger partial charge on any atom is 0.357 e. The minimum Gasteiger partial charge on any atom is -0.507 e. The number of tetrazole rings is 1. The van der Waals surface area contributed by atoms with Gasteiger partial charge in [-0.2, -0.15) is 9.94 Å². The van der Waals surface area contributed by atoms with Gasteiger partial charge in [-0.1, -0.05) is 42.5 Å². The molecule has 0 saturated carbocycles. The summed E-state index contributed by atoms with van der Waals surface area (Å²) in [7, 11) is 0. The maximum absolute atomic E-state index is 12.8. The first-order valence-corrected chi connectivity index (χ1v) is 9.53. The van der Waals surface area contributed by atoms with Crippen LogP contribution in [0.25, 0.3) is 28.4 Å². The van der Waals surface area contributed by atoms with Gasteiger partial charge >= 0.3 is 5.97 Å². The number of aliphatic hydroxyl groups is 1. The van der Waals surface area contributed by atoms with E-state index in [1.807, 2.05) is 36.4 Å². The number of esters is 1. The van der Waals surface area contributed by atoms with E-state index in [2.05, 4.69) is 25.5 Å². The molecule has 2 N–H and O–H groups in total. The number of benzene rings is 2. The molecule has 0 unspecified atom stereocenters. The number of aromatic nitrogens is 6. The Bertz CT molecular complexity index is 1340. The van der Waals surface area contributed by atoms with Gasteiger partial charge in [0.05, 0.1) is 11.0 Å². The average Bonchev–Trinajstić information content (AvgIpc) is 3.43. The molecule has 32 heavy (non-hydrogen) atoms. The molecule has 10 heteroatoms. The zero-order valence-corrected chi connectivity index (χ0v) is 16.9. The standard InChI is InChI=1S/C22H17N7O3/c1-14-26-27-28-29(14)19(11-15-7-3-2-4-8-15)22(31)32-13-20(30)16(12-23)21-24-17-9-5-6-10-18(17)25-21/h2-11,30H,13H2,1H3,(H,24,25)/b19-11?,20-16-. The highest BCUT2D eigenvalue weighted by molar-refractivity contribution is 6.15. The first-order chi connectivity index (χ1) is 15.6. The fourth-order valence-electron chi connectivity index (χ4n) is 2.97. The van der Waals surface area contributed by atoms with Crippen molar-refractivity contribution in [3.05, 3.63) is 77.6 Å². The fourth-order valence-corrected chi connectivity index (χ4v) is 2.97. The van der Waals surface area contributed by atoms with E-state index in [1.54, 1.807) is 37.3 Å². The van der Waals surface area contributed by atoms with Gasteiger partial charge < -0.3 is 14.8 Å². The van der Waals surface area contributed by atoms with Crippen LogP contribution in [-0.4, -0.2) is 47.9 Å². The van der Waals surface area contributed by atoms with E-state index in [-0.39, 0.29) is 17.1 Å². The molecule has 10 nitrogen and oxygen atoms in total. The minimum absolute atomic E-state index is 0.0498. The van der Waals surface area contributed by atoms with Gasteiger partial charge in [0, 0.05) is 0 Å². The predicted molar refractivity (Wildman–Crippen MR) is 115 cm³/mol. The summed E-state index contributed by atoms with van der Waals surface area (Å²) >= 11 is 0. The van der Waals surface area contributed by atoms with E-state index in [0.29, 0.717) is 16.9 Å². The number of nitrogens with zero attached hydrogens (tertiary/aromatic N) is 6. The summed E-state index contributed by atoms with van der Waals surface area (Å²) in [6.45, 7) is 1.10. The Morgan fingerprint density at radius 1 is 1.22 bits per heavy atom. The second-order valence-corrected chi connectivity index (χ2v) is 6.69. The zero-order chi connectivity index (χ0) is 22.5. The second-order valence-electron chi connectivity index (χ2n) is 6.69. The molecule has 2 heterocycles. The highest BCUT2D eigenvalue weighted by Crippen LogP contribution is 2.20. The van der Waals surface area contributed by atoms with Crippen molar-refractivity contribution in [3.8, 4) is 6.07 Å². The van der Waals surface area contributed by atoms with Crippen LogP contribution >= 0.6 is 0 Å². The summed E-state index contributed by atoms with van der Waals surface area (Å²) in [5.74, 6) is -0.660. The predicted octanol–water partition coefficient (Wildman–Crippen LogP) is 2.89. The van der Waals surface area contributed by atoms with Gasteiger partial charge in [0.15, 0.2) is 23.1 Å². The molecule has 0 radical (unpaired) electrons. The molecule has 0 spiro atoms. The third kappa shape index (κ3) is 4.22. The molecule has 0 saturated heterocycles. The number of allylic oxidation sites excluding steroid dienone is 1. The van der Waals surface area contributed by atoms with Gasteiger partial charge in [0.25, 0.3) is 0 Å². The van der Waals surface area contributed by atoms with Gasteiger partial charge in [-0.3, -0.25) is 0 Å². The van der Waals surface area contributed by atoms with Gasteiger partial charge in [-0.15, -0.1) is 5.10 Å². The lowest BCUT2D eigenvalue weighted by Gasteiger charge is -2.09. The van der Waals surface area contributed by atoms with E-state index >= 15 is 0 Å². The molecule has 0 bridgehead atoms. The van der Waals surface area contributed by atoms with Gasteiger partial charge in [-0.25, -0.2) is 9.78 Å². The van der Waals surface area contributed by atoms with E-state index in [4.69, 9.17) is 4.74 Å². The number of para-hydroxylation sites is 2. The summed E-state index contributed by atoms with van der Waals surface area (Å²) in [6.07, 6.45) is 1.57. The molecule has 4 rings (SSSR count). The number of aliphatic hydroxyl groups excluding tert-OH is 1. The molecule has 0 fully saturated rings. The van der Waals surface area contributed by atoms with Crippen molar-refractivity contribution in [1.29, 1.82) is 5.26 Å². The van der Waals surface area contributed by atoms with Crippen LogP contribution in [0.5, 0.6) is 0 Å². The number of carbonyl (C=O) groups excluding carboxylic acids is 1. The summed E-state index contributed by atoms with van der Waals surface area (Å²) in [6, 6.07) is 18.2. The lowest BCUT2D eigenvalue weighted by atomic mass is 10.2. The Balaban J connectivity index is 1.60. The van der Waals surface area contributed by atoms with Crippen LogP contribution in [0.4, 0.5) is 0 Å². The highest BCUT2D eigenvalue weighted by Gasteiger charge is 2.20. The highest BCUT2D eigenvalue weighted by atomic mass is 16.5. The number of fused-ring (bicyclic) bond motifs is 1. The van der Waals surface area contributed by atoms with Crippen molar-refractivity contribution in [2.45, 2.75) is 6.92 Å². The van der Waals surface area contributed by atoms with Crippen LogP contribution in [0.3, 0.4) is 0 Å². The number of imidazole rings is 1. The Labute approximate surface area is 182 Å². The van der Waals surface area contributed by atoms with E-state index in [9.17, 15) is 15.2 Å². The summed E-state index contributed by atoms with van der Waals surface area (Å²) < 4.78 is 6.51. The number of carbonyl (C=O) groups is 1. The average molecular weight is 427 g/mol. The van der Waals surface area contributed by atoms with Crippen molar-refractivity contribution in [3.63, 3.8) is 0 Å². The van der Waals surface area contributed by atoms with E-state index in [1.165, 1.54) is 4.68 Å². The van der Waals surface area contributed by atoms with Crippen LogP contribution in [0, 0.1) is 18.3 Å². The number of aryl methyl sites for hydroxylation is 1. The molecule has 0 atom stereocenters. The zero-order valence-electron chi connectivity index (χ0n) is 16.9. The third-order valence-corrected chi connectivity index (χ3v) is 4.53. The molecule has 4 aromatic rings. The Hall–Kier alpha value is -4.78. The van der Waals surface area contributed by atoms with Gasteiger partial charge in [0.2, 0.25) is 0 Å². The number of hydrogen-bond acceptors (Lipinski definition) is 8. The fraction of sp³-hybridized carbons (Fsp3) is 0.0909. The lowest BCUT2D eigenvalue weighted by Crippen LogP contribution is -2.16. The summed E-state index contributed by atoms with van der Waals surface area (Å²) in [5.41, 5.74) is 2.01. The minimum atomic E-state index is -0.780. The molecule has 0 aliphatic carbocycles. The maximum atomic E-state index is 12.8. The molecule has 2 aromatic heterocycles. The Kier molecular flexibility index (Phi) is 5.72. The molecule has 158 valence electrons. The van der Waals surface area contributed by atoms with Crippen molar-refractivity contribution in [2.75, 3.05) is 6.61 Å². The molecule has 0 aliphatic heterocycles. The largest absolute Gasteiger partial charge is 0.507 e. The topological polar surface area (TPSA) is 143 Å². The molecule has 2 aromatic carbocycles. The first kappa shape index (κ1) is 20.5. The quantitative estimate of drug-likeness (QED) is 0.207. The molecular weight excluding hydrogens is 410 g/mol. The number of nitriles is 1. The summed E-state index contributed by atoms with van der Waals surface area (Å²) in [4.78, 5) is 20.1. The van der Waals surface area contributed by atoms with Crippen molar-refractivity contribution in [2.24, 2.45) is 0 Å². The van der Waals surface area contributed by atoms with Crippen LogP contribution < -0.4 is 0 Å². The van der Waals surface area contributed by atoms with Crippen LogP contribution in [0.2, 0.25) is 0 Å². The van der Waals surface area contributed by atoms with Crippen molar-refractivity contribution in [1.82, 2.24) is 30.2 Å². The SMILES string of the molecule is Cc1nnnn1C(=Cc1ccccc1)C(=O)OC/C(O)=C(\C#N)c1nc2ccccc2[nH]1. The number of aromatic amines is 1. The number of H-pyrrole nitrogens is 1. The van der Waals surface area contributed by atoms with Crippen LogP contribution in [-0.2, 0) is 9.53 Å². The lowest BCUT2D eigenvalue weighted by molar-refractivity contribution is -0.136. The van der Waals surface area contributed by atoms with E-state index < -0.39 is 18.3 Å². The molecule has 0 aliphatic rings.